The van der Waals surface area contributed by atoms with Gasteiger partial charge in [-0.15, -0.1) is 11.3 Å². The Bertz CT molecular complexity index is 773. The summed E-state index contributed by atoms with van der Waals surface area (Å²) in [5.74, 6) is 0.252. The fourth-order valence-electron chi connectivity index (χ4n) is 2.06. The fraction of sp³-hybridized carbons (Fsp3) is 0.188. The Morgan fingerprint density at radius 2 is 2.05 bits per heavy atom. The smallest absolute Gasteiger partial charge is 0.124 e. The zero-order valence-corrected chi connectivity index (χ0v) is 13.5. The molecule has 0 aliphatic rings. The molecule has 114 valence electrons. The SMILES string of the molecule is CC(CNc1ccc(-c2nc3ccc(O)cc3s2)cc1)SF. The molecular weight excluding hydrogens is 319 g/mol. The molecule has 0 spiro atoms. The van der Waals surface area contributed by atoms with Crippen molar-refractivity contribution in [2.75, 3.05) is 11.9 Å². The summed E-state index contributed by atoms with van der Waals surface area (Å²) < 4.78 is 13.3. The Balaban J connectivity index is 1.79. The quantitative estimate of drug-likeness (QED) is 0.682. The molecule has 0 aliphatic carbocycles. The maximum absolute atomic E-state index is 12.4. The molecule has 0 fully saturated rings. The zero-order chi connectivity index (χ0) is 15.5. The first-order valence-corrected chi connectivity index (χ1v) is 8.46. The number of phenols is 1. The van der Waals surface area contributed by atoms with Gasteiger partial charge in [-0.3, -0.25) is 0 Å². The van der Waals surface area contributed by atoms with Crippen molar-refractivity contribution in [1.82, 2.24) is 4.98 Å². The van der Waals surface area contributed by atoms with Crippen LogP contribution in [0.1, 0.15) is 6.92 Å². The maximum atomic E-state index is 12.4. The molecule has 3 aromatic rings. The summed E-state index contributed by atoms with van der Waals surface area (Å²) in [5.41, 5.74) is 2.87. The number of hydrogen-bond acceptors (Lipinski definition) is 5. The van der Waals surface area contributed by atoms with E-state index in [9.17, 15) is 8.99 Å². The highest BCUT2D eigenvalue weighted by Gasteiger charge is 2.07. The van der Waals surface area contributed by atoms with E-state index >= 15 is 0 Å². The Morgan fingerprint density at radius 3 is 2.77 bits per heavy atom. The molecule has 0 saturated heterocycles. The number of halogens is 1. The third-order valence-electron chi connectivity index (χ3n) is 3.25. The normalized spacial score (nSPS) is 12.5. The Hall–Kier alpha value is -1.79. The standard InChI is InChI=1S/C16H15FN2OS2/c1-10(22-17)9-18-12-4-2-11(3-5-12)16-19-14-7-6-13(20)8-15(14)21-16/h2-8,10,18,20H,9H2,1H3. The van der Waals surface area contributed by atoms with E-state index in [-0.39, 0.29) is 11.0 Å². The lowest BCUT2D eigenvalue weighted by Gasteiger charge is -2.09. The molecule has 0 saturated carbocycles. The third kappa shape index (κ3) is 3.34. The van der Waals surface area contributed by atoms with Crippen LogP contribution in [0.4, 0.5) is 9.57 Å². The molecule has 22 heavy (non-hydrogen) atoms. The van der Waals surface area contributed by atoms with Gasteiger partial charge in [0.1, 0.15) is 10.8 Å². The van der Waals surface area contributed by atoms with Crippen LogP contribution < -0.4 is 5.32 Å². The molecule has 1 unspecified atom stereocenters. The first-order chi connectivity index (χ1) is 10.7. The molecule has 3 rings (SSSR count). The summed E-state index contributed by atoms with van der Waals surface area (Å²) in [5, 5.41) is 13.6. The van der Waals surface area contributed by atoms with Gasteiger partial charge in [0, 0.05) is 29.9 Å². The van der Waals surface area contributed by atoms with Crippen LogP contribution in [0.5, 0.6) is 5.75 Å². The topological polar surface area (TPSA) is 45.2 Å². The lowest BCUT2D eigenvalue weighted by molar-refractivity contribution is 0.476. The van der Waals surface area contributed by atoms with E-state index < -0.39 is 0 Å². The summed E-state index contributed by atoms with van der Waals surface area (Å²) in [4.78, 5) is 4.58. The van der Waals surface area contributed by atoms with Crippen LogP contribution in [-0.4, -0.2) is 21.9 Å². The van der Waals surface area contributed by atoms with Gasteiger partial charge < -0.3 is 10.4 Å². The van der Waals surface area contributed by atoms with Crippen molar-refractivity contribution in [2.45, 2.75) is 12.2 Å². The van der Waals surface area contributed by atoms with Gasteiger partial charge in [0.05, 0.1) is 15.5 Å². The van der Waals surface area contributed by atoms with Gasteiger partial charge in [-0.25, -0.2) is 4.98 Å². The van der Waals surface area contributed by atoms with E-state index in [1.165, 1.54) is 0 Å². The number of phenolic OH excluding ortho intramolecular Hbond substituents is 1. The number of fused-ring (bicyclic) bond motifs is 1. The van der Waals surface area contributed by atoms with E-state index in [0.29, 0.717) is 18.7 Å². The zero-order valence-electron chi connectivity index (χ0n) is 11.9. The van der Waals surface area contributed by atoms with Crippen LogP contribution in [0.2, 0.25) is 0 Å². The average molecular weight is 334 g/mol. The molecule has 0 aliphatic heterocycles. The first-order valence-electron chi connectivity index (χ1n) is 6.87. The van der Waals surface area contributed by atoms with Crippen molar-refractivity contribution >= 4 is 39.4 Å². The van der Waals surface area contributed by atoms with Crippen molar-refractivity contribution in [1.29, 1.82) is 0 Å². The van der Waals surface area contributed by atoms with Crippen LogP contribution in [0.15, 0.2) is 42.5 Å². The molecule has 3 nitrogen and oxygen atoms in total. The van der Waals surface area contributed by atoms with Gasteiger partial charge in [0.2, 0.25) is 0 Å². The van der Waals surface area contributed by atoms with Crippen LogP contribution in [0.25, 0.3) is 20.8 Å². The van der Waals surface area contributed by atoms with Crippen molar-refractivity contribution in [3.8, 4) is 16.3 Å². The highest BCUT2D eigenvalue weighted by atomic mass is 32.2. The summed E-state index contributed by atoms with van der Waals surface area (Å²) in [6.07, 6.45) is 0. The summed E-state index contributed by atoms with van der Waals surface area (Å²) in [6.45, 7) is 2.42. The van der Waals surface area contributed by atoms with Crippen molar-refractivity contribution in [2.24, 2.45) is 0 Å². The second-order valence-corrected chi connectivity index (χ2v) is 7.04. The van der Waals surface area contributed by atoms with Crippen LogP contribution in [0.3, 0.4) is 0 Å². The average Bonchev–Trinajstić information content (AvgIpc) is 2.96. The molecule has 2 aromatic carbocycles. The summed E-state index contributed by atoms with van der Waals surface area (Å²) >= 11 is 1.90. The van der Waals surface area contributed by atoms with E-state index in [4.69, 9.17) is 0 Å². The molecular formula is C16H15FN2OS2. The van der Waals surface area contributed by atoms with Gasteiger partial charge in [-0.2, -0.15) is 3.89 Å². The Morgan fingerprint density at radius 1 is 1.27 bits per heavy atom. The third-order valence-corrected chi connectivity index (χ3v) is 4.79. The number of aromatic hydroxyl groups is 1. The molecule has 0 radical (unpaired) electrons. The Kier molecular flexibility index (Phi) is 4.49. The van der Waals surface area contributed by atoms with Crippen LogP contribution in [-0.2, 0) is 0 Å². The minimum atomic E-state index is -0.0726. The summed E-state index contributed by atoms with van der Waals surface area (Å²) in [6, 6.07) is 13.1. The van der Waals surface area contributed by atoms with E-state index in [2.05, 4.69) is 10.3 Å². The van der Waals surface area contributed by atoms with E-state index in [1.54, 1.807) is 23.5 Å². The molecule has 1 atom stereocenters. The predicted molar refractivity (Wildman–Crippen MR) is 93.4 cm³/mol. The van der Waals surface area contributed by atoms with Crippen molar-refractivity contribution < 1.29 is 8.99 Å². The van der Waals surface area contributed by atoms with Gasteiger partial charge in [-0.1, -0.05) is 0 Å². The minimum absolute atomic E-state index is 0.0726. The number of aromatic nitrogens is 1. The molecule has 6 heteroatoms. The fourth-order valence-corrected chi connectivity index (χ4v) is 3.21. The van der Waals surface area contributed by atoms with E-state index in [1.807, 2.05) is 37.3 Å². The number of nitrogens with zero attached hydrogens (tertiary/aromatic N) is 1. The number of thiazole rings is 1. The minimum Gasteiger partial charge on any atom is -0.508 e. The predicted octanol–water partition coefficient (Wildman–Crippen LogP) is 5.09. The second-order valence-electron chi connectivity index (χ2n) is 5.03. The van der Waals surface area contributed by atoms with Gasteiger partial charge >= 0.3 is 0 Å². The number of rotatable bonds is 5. The highest BCUT2D eigenvalue weighted by Crippen LogP contribution is 2.32. The monoisotopic (exact) mass is 334 g/mol. The van der Waals surface area contributed by atoms with Crippen LogP contribution >= 0.6 is 23.5 Å². The van der Waals surface area contributed by atoms with Crippen molar-refractivity contribution in [3.05, 3.63) is 42.5 Å². The Labute approximate surface area is 136 Å². The molecule has 0 amide bonds. The molecule has 1 heterocycles. The lowest BCUT2D eigenvalue weighted by atomic mass is 10.2. The lowest BCUT2D eigenvalue weighted by Crippen LogP contribution is -2.11. The largest absolute Gasteiger partial charge is 0.508 e. The molecule has 0 bridgehead atoms. The number of benzene rings is 2. The van der Waals surface area contributed by atoms with Gasteiger partial charge in [0.25, 0.3) is 0 Å². The first kappa shape index (κ1) is 15.1. The highest BCUT2D eigenvalue weighted by molar-refractivity contribution is 7.94. The van der Waals surface area contributed by atoms with Gasteiger partial charge in [-0.05, 0) is 49.4 Å². The number of hydrogen-bond donors (Lipinski definition) is 2. The molecule has 1 aromatic heterocycles. The van der Waals surface area contributed by atoms with Crippen LogP contribution in [0, 0.1) is 0 Å². The van der Waals surface area contributed by atoms with E-state index in [0.717, 1.165) is 26.5 Å². The molecule has 2 N–H and O–H groups in total. The number of nitrogens with one attached hydrogen (secondary N) is 1. The van der Waals surface area contributed by atoms with Crippen molar-refractivity contribution in [3.63, 3.8) is 0 Å². The maximum Gasteiger partial charge on any atom is 0.124 e. The second kappa shape index (κ2) is 6.54. The summed E-state index contributed by atoms with van der Waals surface area (Å²) in [7, 11) is 0. The number of anilines is 1. The van der Waals surface area contributed by atoms with Gasteiger partial charge in [0.15, 0.2) is 0 Å².